The molecule has 0 spiro atoms. The van der Waals surface area contributed by atoms with Crippen LogP contribution in [0, 0.1) is 0 Å². The Morgan fingerprint density at radius 1 is 1.33 bits per heavy atom. The summed E-state index contributed by atoms with van der Waals surface area (Å²) in [5.74, 6) is -0.481. The lowest BCUT2D eigenvalue weighted by molar-refractivity contribution is -0.120. The molecule has 114 valence electrons. The van der Waals surface area contributed by atoms with Gasteiger partial charge in [-0.2, -0.15) is 0 Å². The number of nitrogens with one attached hydrogen (secondary N) is 2. The molecule has 2 N–H and O–H groups in total. The molecule has 0 atom stereocenters. The molecule has 0 fully saturated rings. The van der Waals surface area contributed by atoms with Gasteiger partial charge in [0.2, 0.25) is 15.9 Å². The Hall–Kier alpha value is -1.99. The number of Topliss-reactive ketones (excluding diaryl/α,β-unsaturated/α-hetero) is 1. The molecule has 6 nitrogen and oxygen atoms in total. The van der Waals surface area contributed by atoms with Gasteiger partial charge in [-0.25, -0.2) is 13.1 Å². The van der Waals surface area contributed by atoms with Crippen molar-refractivity contribution in [2.45, 2.75) is 18.2 Å². The molecular weight excluding hydrogens is 292 g/mol. The molecule has 1 rings (SSSR count). The van der Waals surface area contributed by atoms with Gasteiger partial charge in [-0.15, -0.1) is 6.58 Å². The van der Waals surface area contributed by atoms with Crippen molar-refractivity contribution in [3.05, 3.63) is 42.5 Å². The highest BCUT2D eigenvalue weighted by molar-refractivity contribution is 7.89. The Labute approximate surface area is 124 Å². The van der Waals surface area contributed by atoms with Crippen LogP contribution in [0.1, 0.15) is 23.7 Å². The summed E-state index contributed by atoms with van der Waals surface area (Å²) in [5.41, 5.74) is 0.321. The number of amides is 1. The lowest BCUT2D eigenvalue weighted by atomic mass is 10.2. The summed E-state index contributed by atoms with van der Waals surface area (Å²) in [4.78, 5) is 22.6. The summed E-state index contributed by atoms with van der Waals surface area (Å²) in [6.45, 7) is 5.15. The third kappa shape index (κ3) is 5.49. The molecule has 1 amide bonds. The molecule has 0 saturated carbocycles. The molecule has 21 heavy (non-hydrogen) atoms. The molecule has 0 heterocycles. The maximum Gasteiger partial charge on any atom is 0.240 e. The molecule has 0 aromatic heterocycles. The van der Waals surface area contributed by atoms with Gasteiger partial charge in [0.1, 0.15) is 0 Å². The minimum atomic E-state index is -3.73. The number of benzene rings is 1. The maximum atomic E-state index is 12.0. The van der Waals surface area contributed by atoms with E-state index in [1.54, 1.807) is 6.07 Å². The second-order valence-corrected chi connectivity index (χ2v) is 6.09. The number of hydrogen-bond donors (Lipinski definition) is 2. The van der Waals surface area contributed by atoms with Gasteiger partial charge in [0.15, 0.2) is 5.78 Å². The van der Waals surface area contributed by atoms with Crippen molar-refractivity contribution < 1.29 is 18.0 Å². The van der Waals surface area contributed by atoms with Crippen molar-refractivity contribution in [1.82, 2.24) is 10.0 Å². The highest BCUT2D eigenvalue weighted by Crippen LogP contribution is 2.11. The average molecular weight is 310 g/mol. The fourth-order valence-corrected chi connectivity index (χ4v) is 2.62. The van der Waals surface area contributed by atoms with E-state index in [4.69, 9.17) is 0 Å². The summed E-state index contributed by atoms with van der Waals surface area (Å²) in [5, 5.41) is 2.55. The van der Waals surface area contributed by atoms with E-state index < -0.39 is 10.0 Å². The number of carbonyl (C=O) groups excluding carboxylic acids is 2. The molecule has 0 aliphatic heterocycles. The number of sulfonamides is 1. The average Bonchev–Trinajstić information content (AvgIpc) is 2.45. The van der Waals surface area contributed by atoms with E-state index in [9.17, 15) is 18.0 Å². The van der Waals surface area contributed by atoms with E-state index in [0.29, 0.717) is 12.1 Å². The highest BCUT2D eigenvalue weighted by atomic mass is 32.2. The van der Waals surface area contributed by atoms with E-state index in [0.717, 1.165) is 0 Å². The quantitative estimate of drug-likeness (QED) is 0.550. The van der Waals surface area contributed by atoms with Crippen LogP contribution < -0.4 is 10.0 Å². The van der Waals surface area contributed by atoms with E-state index in [1.807, 2.05) is 0 Å². The van der Waals surface area contributed by atoms with Crippen LogP contribution in [0.2, 0.25) is 0 Å². The largest absolute Gasteiger partial charge is 0.353 e. The topological polar surface area (TPSA) is 92.3 Å². The van der Waals surface area contributed by atoms with Gasteiger partial charge in [0.05, 0.1) is 4.90 Å². The summed E-state index contributed by atoms with van der Waals surface area (Å²) in [7, 11) is -3.73. The van der Waals surface area contributed by atoms with E-state index >= 15 is 0 Å². The van der Waals surface area contributed by atoms with Gasteiger partial charge in [0.25, 0.3) is 0 Å². The normalized spacial score (nSPS) is 10.9. The third-order valence-electron chi connectivity index (χ3n) is 2.64. The Bertz CT molecular complexity index is 638. The second-order valence-electron chi connectivity index (χ2n) is 4.32. The van der Waals surface area contributed by atoms with Crippen molar-refractivity contribution in [3.63, 3.8) is 0 Å². The minimum absolute atomic E-state index is 0.00157. The van der Waals surface area contributed by atoms with Crippen LogP contribution in [-0.4, -0.2) is 33.2 Å². The molecule has 0 bridgehead atoms. The summed E-state index contributed by atoms with van der Waals surface area (Å²) in [6.07, 6.45) is 1.56. The molecule has 1 aromatic rings. The van der Waals surface area contributed by atoms with Crippen LogP contribution in [0.5, 0.6) is 0 Å². The fourth-order valence-electron chi connectivity index (χ4n) is 1.54. The predicted octanol–water partition coefficient (Wildman–Crippen LogP) is 0.860. The van der Waals surface area contributed by atoms with E-state index in [-0.39, 0.29) is 29.6 Å². The minimum Gasteiger partial charge on any atom is -0.353 e. The van der Waals surface area contributed by atoms with Gasteiger partial charge in [-0.1, -0.05) is 18.2 Å². The fraction of sp³-hybridized carbons (Fsp3) is 0.286. The molecule has 0 aliphatic carbocycles. The van der Waals surface area contributed by atoms with Gasteiger partial charge >= 0.3 is 0 Å². The first-order chi connectivity index (χ1) is 9.86. The third-order valence-corrected chi connectivity index (χ3v) is 4.10. The first-order valence-corrected chi connectivity index (χ1v) is 7.83. The molecule has 0 saturated heterocycles. The van der Waals surface area contributed by atoms with Crippen LogP contribution in [-0.2, 0) is 14.8 Å². The molecule has 1 aromatic carbocycles. The highest BCUT2D eigenvalue weighted by Gasteiger charge is 2.15. The second kappa shape index (κ2) is 7.70. The van der Waals surface area contributed by atoms with Crippen LogP contribution in [0.15, 0.2) is 41.8 Å². The van der Waals surface area contributed by atoms with Crippen molar-refractivity contribution in [1.29, 1.82) is 0 Å². The first-order valence-electron chi connectivity index (χ1n) is 6.35. The number of carbonyl (C=O) groups is 2. The molecule has 0 aliphatic rings. The Morgan fingerprint density at radius 3 is 2.67 bits per heavy atom. The standard InChI is InChI=1S/C14H18N2O4S/c1-3-8-15-14(18)7-9-16-21(19,20)13-6-4-5-12(10-13)11(2)17/h3-6,10,16H,1,7-9H2,2H3,(H,15,18). The lowest BCUT2D eigenvalue weighted by Crippen LogP contribution is -2.30. The first kappa shape index (κ1) is 17.1. The number of ketones is 1. The number of hydrogen-bond acceptors (Lipinski definition) is 4. The van der Waals surface area contributed by atoms with Crippen molar-refractivity contribution in [2.75, 3.05) is 13.1 Å². The number of rotatable bonds is 8. The Morgan fingerprint density at radius 2 is 2.05 bits per heavy atom. The SMILES string of the molecule is C=CCNC(=O)CCNS(=O)(=O)c1cccc(C(C)=O)c1. The van der Waals surface area contributed by atoms with Gasteiger partial charge in [-0.05, 0) is 19.1 Å². The smallest absolute Gasteiger partial charge is 0.240 e. The zero-order valence-corrected chi connectivity index (χ0v) is 12.6. The van der Waals surface area contributed by atoms with Crippen LogP contribution in [0.4, 0.5) is 0 Å². The van der Waals surface area contributed by atoms with E-state index in [2.05, 4.69) is 16.6 Å². The Kier molecular flexibility index (Phi) is 6.26. The summed E-state index contributed by atoms with van der Waals surface area (Å²) >= 11 is 0. The Balaban J connectivity index is 2.65. The van der Waals surface area contributed by atoms with Crippen molar-refractivity contribution in [3.8, 4) is 0 Å². The molecular formula is C14H18N2O4S. The van der Waals surface area contributed by atoms with Gasteiger partial charge in [0, 0.05) is 25.1 Å². The molecule has 0 unspecified atom stereocenters. The van der Waals surface area contributed by atoms with Gasteiger partial charge < -0.3 is 5.32 Å². The maximum absolute atomic E-state index is 12.0. The van der Waals surface area contributed by atoms with Gasteiger partial charge in [-0.3, -0.25) is 9.59 Å². The summed E-state index contributed by atoms with van der Waals surface area (Å²) in [6, 6.07) is 5.75. The lowest BCUT2D eigenvalue weighted by Gasteiger charge is -2.07. The van der Waals surface area contributed by atoms with Crippen molar-refractivity contribution >= 4 is 21.7 Å². The zero-order valence-electron chi connectivity index (χ0n) is 11.8. The van der Waals surface area contributed by atoms with Crippen LogP contribution in [0.25, 0.3) is 0 Å². The predicted molar refractivity (Wildman–Crippen MR) is 79.5 cm³/mol. The molecule has 0 radical (unpaired) electrons. The summed E-state index contributed by atoms with van der Waals surface area (Å²) < 4.78 is 26.4. The zero-order chi connectivity index (χ0) is 15.9. The molecule has 7 heteroatoms. The van der Waals surface area contributed by atoms with Crippen LogP contribution >= 0.6 is 0 Å². The monoisotopic (exact) mass is 310 g/mol. The van der Waals surface area contributed by atoms with E-state index in [1.165, 1.54) is 31.2 Å². The van der Waals surface area contributed by atoms with Crippen molar-refractivity contribution in [2.24, 2.45) is 0 Å². The van der Waals surface area contributed by atoms with Crippen LogP contribution in [0.3, 0.4) is 0 Å².